The van der Waals surface area contributed by atoms with E-state index in [9.17, 15) is 0 Å². The van der Waals surface area contributed by atoms with Crippen LogP contribution in [0.3, 0.4) is 0 Å². The van der Waals surface area contributed by atoms with Crippen molar-refractivity contribution in [2.24, 2.45) is 0 Å². The van der Waals surface area contributed by atoms with Crippen LogP contribution in [0.1, 0.15) is 54.0 Å². The van der Waals surface area contributed by atoms with Crippen LogP contribution < -0.4 is 0 Å². The third-order valence-corrected chi connectivity index (χ3v) is 4.46. The maximum absolute atomic E-state index is 4.68. The van der Waals surface area contributed by atoms with Gasteiger partial charge in [0.1, 0.15) is 0 Å². The minimum absolute atomic E-state index is 0.464. The van der Waals surface area contributed by atoms with Crippen molar-refractivity contribution in [2.75, 3.05) is 0 Å². The monoisotopic (exact) mass is 266 g/mol. The second-order valence-electron chi connectivity index (χ2n) is 4.72. The van der Waals surface area contributed by atoms with Gasteiger partial charge in [0.15, 0.2) is 0 Å². The van der Waals surface area contributed by atoms with Crippen molar-refractivity contribution in [2.45, 2.75) is 46.0 Å². The molecule has 0 radical (unpaired) electrons. The second kappa shape index (κ2) is 5.27. The van der Waals surface area contributed by atoms with E-state index < -0.39 is 0 Å². The number of rotatable bonds is 4. The van der Waals surface area contributed by atoms with Crippen molar-refractivity contribution < 1.29 is 0 Å². The van der Waals surface area contributed by atoms with E-state index >= 15 is 0 Å². The summed E-state index contributed by atoms with van der Waals surface area (Å²) in [5.74, 6) is 0.989. The molecular weight excluding hydrogens is 248 g/mol. The van der Waals surface area contributed by atoms with E-state index in [1.165, 1.54) is 16.4 Å². The Hall–Kier alpha value is -0.740. The van der Waals surface area contributed by atoms with E-state index in [2.05, 4.69) is 48.4 Å². The van der Waals surface area contributed by atoms with E-state index in [0.717, 1.165) is 11.4 Å². The van der Waals surface area contributed by atoms with Gasteiger partial charge in [-0.3, -0.25) is 0 Å². The van der Waals surface area contributed by atoms with Gasteiger partial charge >= 0.3 is 0 Å². The lowest BCUT2D eigenvalue weighted by Gasteiger charge is -2.05. The first kappa shape index (κ1) is 12.7. The highest BCUT2D eigenvalue weighted by atomic mass is 32.1. The SMILES string of the molecule is Cc1nc(C(C)Cc2nc(C(C)C)cs2)cs1. The summed E-state index contributed by atoms with van der Waals surface area (Å²) in [7, 11) is 0. The third-order valence-electron chi connectivity index (χ3n) is 2.78. The molecule has 0 aliphatic carbocycles. The number of thiazole rings is 2. The molecule has 2 heterocycles. The van der Waals surface area contributed by atoms with Gasteiger partial charge < -0.3 is 0 Å². The Bertz CT molecular complexity index is 485. The van der Waals surface area contributed by atoms with Crippen LogP contribution in [0.15, 0.2) is 10.8 Å². The Kier molecular flexibility index (Phi) is 3.94. The molecule has 1 unspecified atom stereocenters. The Labute approximate surface area is 111 Å². The summed E-state index contributed by atoms with van der Waals surface area (Å²) in [4.78, 5) is 9.22. The van der Waals surface area contributed by atoms with Gasteiger partial charge in [0.05, 0.1) is 21.4 Å². The Morgan fingerprint density at radius 3 is 2.29 bits per heavy atom. The van der Waals surface area contributed by atoms with Crippen LogP contribution in [0.5, 0.6) is 0 Å². The molecule has 2 aromatic rings. The van der Waals surface area contributed by atoms with Crippen LogP contribution in [0.25, 0.3) is 0 Å². The zero-order valence-corrected chi connectivity index (χ0v) is 12.4. The first-order chi connectivity index (χ1) is 8.06. The number of aryl methyl sites for hydroxylation is 1. The average molecular weight is 266 g/mol. The maximum Gasteiger partial charge on any atom is 0.0934 e. The molecule has 1 atom stereocenters. The van der Waals surface area contributed by atoms with Gasteiger partial charge in [0, 0.05) is 23.1 Å². The molecule has 2 aromatic heterocycles. The fourth-order valence-electron chi connectivity index (χ4n) is 1.66. The summed E-state index contributed by atoms with van der Waals surface area (Å²) in [6.45, 7) is 8.66. The van der Waals surface area contributed by atoms with Gasteiger partial charge in [-0.1, -0.05) is 20.8 Å². The van der Waals surface area contributed by atoms with Crippen LogP contribution in [0.4, 0.5) is 0 Å². The zero-order chi connectivity index (χ0) is 12.4. The Morgan fingerprint density at radius 1 is 1.06 bits per heavy atom. The first-order valence-corrected chi connectivity index (χ1v) is 7.68. The van der Waals surface area contributed by atoms with Crippen LogP contribution in [-0.2, 0) is 6.42 Å². The highest BCUT2D eigenvalue weighted by Gasteiger charge is 2.13. The molecule has 0 fully saturated rings. The average Bonchev–Trinajstić information content (AvgIpc) is 2.86. The van der Waals surface area contributed by atoms with Crippen molar-refractivity contribution >= 4 is 22.7 Å². The number of hydrogen-bond acceptors (Lipinski definition) is 4. The molecule has 0 aromatic carbocycles. The van der Waals surface area contributed by atoms with E-state index in [0.29, 0.717) is 11.8 Å². The summed E-state index contributed by atoms with van der Waals surface area (Å²) in [5, 5.41) is 6.72. The highest BCUT2D eigenvalue weighted by molar-refractivity contribution is 7.10. The summed E-state index contributed by atoms with van der Waals surface area (Å²) in [6, 6.07) is 0. The summed E-state index contributed by atoms with van der Waals surface area (Å²) < 4.78 is 0. The minimum Gasteiger partial charge on any atom is -0.246 e. The normalized spacial score (nSPS) is 13.2. The van der Waals surface area contributed by atoms with Crippen molar-refractivity contribution in [1.82, 2.24) is 9.97 Å². The van der Waals surface area contributed by atoms with Gasteiger partial charge in [-0.15, -0.1) is 22.7 Å². The molecule has 0 spiro atoms. The van der Waals surface area contributed by atoms with E-state index in [1.807, 2.05) is 0 Å². The molecule has 4 heteroatoms. The summed E-state index contributed by atoms with van der Waals surface area (Å²) in [5.41, 5.74) is 2.42. The van der Waals surface area contributed by atoms with Gasteiger partial charge in [-0.2, -0.15) is 0 Å². The molecule has 0 aliphatic rings. The lowest BCUT2D eigenvalue weighted by Crippen LogP contribution is -1.99. The van der Waals surface area contributed by atoms with Crippen LogP contribution in [0, 0.1) is 6.92 Å². The van der Waals surface area contributed by atoms with Crippen molar-refractivity contribution in [3.63, 3.8) is 0 Å². The lowest BCUT2D eigenvalue weighted by molar-refractivity contribution is 0.722. The molecule has 92 valence electrons. The standard InChI is InChI=1S/C13H18N2S2/c1-8(2)11-6-17-13(15-11)5-9(3)12-7-16-10(4)14-12/h6-9H,5H2,1-4H3. The van der Waals surface area contributed by atoms with Gasteiger partial charge in [-0.05, 0) is 12.8 Å². The van der Waals surface area contributed by atoms with Crippen LogP contribution >= 0.6 is 22.7 Å². The van der Waals surface area contributed by atoms with Crippen molar-refractivity contribution in [3.05, 3.63) is 32.2 Å². The first-order valence-electron chi connectivity index (χ1n) is 5.92. The summed E-state index contributed by atoms with van der Waals surface area (Å²) >= 11 is 3.50. The highest BCUT2D eigenvalue weighted by Crippen LogP contribution is 2.25. The molecule has 2 rings (SSSR count). The van der Waals surface area contributed by atoms with Gasteiger partial charge in [0.2, 0.25) is 0 Å². The van der Waals surface area contributed by atoms with Crippen LogP contribution in [0.2, 0.25) is 0 Å². The predicted molar refractivity (Wildman–Crippen MR) is 75.2 cm³/mol. The fourth-order valence-corrected chi connectivity index (χ4v) is 3.48. The van der Waals surface area contributed by atoms with Gasteiger partial charge in [-0.25, -0.2) is 9.97 Å². The molecule has 2 nitrogen and oxygen atoms in total. The lowest BCUT2D eigenvalue weighted by atomic mass is 10.1. The fraction of sp³-hybridized carbons (Fsp3) is 0.538. The predicted octanol–water partition coefficient (Wildman–Crippen LogP) is 4.38. The molecule has 0 saturated heterocycles. The molecule has 0 aliphatic heterocycles. The maximum atomic E-state index is 4.68. The second-order valence-corrected chi connectivity index (χ2v) is 6.72. The van der Waals surface area contributed by atoms with Crippen LogP contribution in [-0.4, -0.2) is 9.97 Å². The number of hydrogen-bond donors (Lipinski definition) is 0. The number of nitrogens with zero attached hydrogens (tertiary/aromatic N) is 2. The van der Waals surface area contributed by atoms with Crippen molar-refractivity contribution in [1.29, 1.82) is 0 Å². The molecule has 0 saturated carbocycles. The number of aromatic nitrogens is 2. The molecule has 0 amide bonds. The minimum atomic E-state index is 0.464. The summed E-state index contributed by atoms with van der Waals surface area (Å²) in [6.07, 6.45) is 1.00. The van der Waals surface area contributed by atoms with E-state index in [1.54, 1.807) is 22.7 Å². The smallest absolute Gasteiger partial charge is 0.0934 e. The molecule has 0 bridgehead atoms. The molecule has 17 heavy (non-hydrogen) atoms. The molecule has 0 N–H and O–H groups in total. The van der Waals surface area contributed by atoms with E-state index in [-0.39, 0.29) is 0 Å². The topological polar surface area (TPSA) is 25.8 Å². The Morgan fingerprint density at radius 2 is 1.76 bits per heavy atom. The quantitative estimate of drug-likeness (QED) is 0.821. The zero-order valence-electron chi connectivity index (χ0n) is 10.7. The Balaban J connectivity index is 2.05. The molecular formula is C13H18N2S2. The van der Waals surface area contributed by atoms with Gasteiger partial charge in [0.25, 0.3) is 0 Å². The third kappa shape index (κ3) is 3.13. The van der Waals surface area contributed by atoms with Crippen molar-refractivity contribution in [3.8, 4) is 0 Å². The largest absolute Gasteiger partial charge is 0.246 e. The van der Waals surface area contributed by atoms with E-state index in [4.69, 9.17) is 0 Å².